The molecule has 0 radical (unpaired) electrons. The molecule has 1 amide bonds. The van der Waals surface area contributed by atoms with Crippen molar-refractivity contribution >= 4 is 40.0 Å². The van der Waals surface area contributed by atoms with Crippen molar-refractivity contribution in [3.8, 4) is 0 Å². The Labute approximate surface area is 167 Å². The topological polar surface area (TPSA) is 91.9 Å². The van der Waals surface area contributed by atoms with Crippen LogP contribution in [0.5, 0.6) is 0 Å². The number of nitrogens with zero attached hydrogens (tertiary/aromatic N) is 2. The predicted octanol–water partition coefficient (Wildman–Crippen LogP) is 2.82. The third kappa shape index (κ3) is 4.14. The van der Waals surface area contributed by atoms with Crippen molar-refractivity contribution in [2.45, 2.75) is 33.3 Å². The van der Waals surface area contributed by atoms with Gasteiger partial charge in [-0.2, -0.15) is 0 Å². The Balaban J connectivity index is 1.89. The molecule has 3 heterocycles. The van der Waals surface area contributed by atoms with Crippen molar-refractivity contribution in [3.63, 3.8) is 0 Å². The summed E-state index contributed by atoms with van der Waals surface area (Å²) < 4.78 is 10.5. The van der Waals surface area contributed by atoms with Crippen molar-refractivity contribution in [2.75, 3.05) is 37.7 Å². The van der Waals surface area contributed by atoms with E-state index in [1.165, 1.54) is 11.3 Å². The number of aromatic amines is 1. The summed E-state index contributed by atoms with van der Waals surface area (Å²) in [5.41, 5.74) is 0.253. The first kappa shape index (κ1) is 20.2. The number of aromatic nitrogens is 1. The number of carbonyl (C=O) groups excluding carboxylic acids is 2. The van der Waals surface area contributed by atoms with Crippen molar-refractivity contribution in [2.24, 2.45) is 0 Å². The molecule has 8 nitrogen and oxygen atoms in total. The highest BCUT2D eigenvalue weighted by Crippen LogP contribution is 2.31. The molecule has 1 aliphatic heterocycles. The molecule has 0 aromatic carbocycles. The van der Waals surface area contributed by atoms with Gasteiger partial charge in [-0.25, -0.2) is 9.59 Å². The molecule has 0 bridgehead atoms. The van der Waals surface area contributed by atoms with Crippen molar-refractivity contribution in [3.05, 3.63) is 26.7 Å². The summed E-state index contributed by atoms with van der Waals surface area (Å²) >= 11 is 1.45. The molecule has 0 spiro atoms. The number of rotatable bonds is 3. The summed E-state index contributed by atoms with van der Waals surface area (Å²) in [5.74, 6) is -0.638. The lowest BCUT2D eigenvalue weighted by Crippen LogP contribution is -2.50. The van der Waals surface area contributed by atoms with Crippen molar-refractivity contribution in [1.82, 2.24) is 9.88 Å². The summed E-state index contributed by atoms with van der Waals surface area (Å²) in [6.45, 7) is 9.23. The molecule has 2 aromatic rings. The summed E-state index contributed by atoms with van der Waals surface area (Å²) in [4.78, 5) is 43.7. The molecular weight excluding hydrogens is 382 g/mol. The van der Waals surface area contributed by atoms with Gasteiger partial charge in [0.05, 0.1) is 17.8 Å². The second-order valence-corrected chi connectivity index (χ2v) is 8.30. The van der Waals surface area contributed by atoms with Gasteiger partial charge in [0.2, 0.25) is 0 Å². The van der Waals surface area contributed by atoms with E-state index in [-0.39, 0.29) is 18.3 Å². The van der Waals surface area contributed by atoms with Gasteiger partial charge in [-0.15, -0.1) is 11.3 Å². The molecule has 2 aromatic heterocycles. The Kier molecular flexibility index (Phi) is 5.64. The van der Waals surface area contributed by atoms with E-state index in [1.54, 1.807) is 11.8 Å². The van der Waals surface area contributed by atoms with Gasteiger partial charge in [0.1, 0.15) is 11.2 Å². The number of pyridine rings is 1. The SMILES string of the molecule is CCOC(=O)c1c(N2CCN(C(=O)OC(C)(C)C)CC2)c2cscc2[nH]c1=O. The number of fused-ring (bicyclic) bond motifs is 1. The molecule has 0 aliphatic carbocycles. The number of ether oxygens (including phenoxy) is 2. The van der Waals surface area contributed by atoms with Gasteiger partial charge < -0.3 is 24.3 Å². The molecule has 1 fully saturated rings. The number of amides is 1. The van der Waals surface area contributed by atoms with E-state index in [2.05, 4.69) is 4.98 Å². The van der Waals surface area contributed by atoms with Crippen molar-refractivity contribution in [1.29, 1.82) is 0 Å². The zero-order valence-corrected chi connectivity index (χ0v) is 17.4. The first-order valence-corrected chi connectivity index (χ1v) is 10.2. The molecule has 28 heavy (non-hydrogen) atoms. The van der Waals surface area contributed by atoms with Crippen LogP contribution in [0.2, 0.25) is 0 Å². The fourth-order valence-corrected chi connectivity index (χ4v) is 3.93. The number of hydrogen-bond donors (Lipinski definition) is 1. The van der Waals surface area contributed by atoms with Crippen LogP contribution in [0, 0.1) is 0 Å². The van der Waals surface area contributed by atoms with Crippen LogP contribution in [-0.4, -0.2) is 60.3 Å². The Bertz CT molecular complexity index is 935. The standard InChI is InChI=1S/C19H25N3O5S/c1-5-26-17(24)14-15(12-10-28-11-13(12)20-16(14)23)21-6-8-22(9-7-21)18(25)27-19(2,3)4/h10-11H,5-9H2,1-4H3,(H,20,23). The van der Waals surface area contributed by atoms with Crippen LogP contribution >= 0.6 is 11.3 Å². The fourth-order valence-electron chi connectivity index (χ4n) is 3.16. The highest BCUT2D eigenvalue weighted by molar-refractivity contribution is 7.09. The second kappa shape index (κ2) is 7.83. The maximum Gasteiger partial charge on any atom is 0.410 e. The number of piperazine rings is 1. The quantitative estimate of drug-likeness (QED) is 0.787. The first-order valence-electron chi connectivity index (χ1n) is 9.23. The summed E-state index contributed by atoms with van der Waals surface area (Å²) in [6, 6.07) is 0. The first-order chi connectivity index (χ1) is 13.2. The minimum Gasteiger partial charge on any atom is -0.462 e. The van der Waals surface area contributed by atoms with E-state index < -0.39 is 17.1 Å². The van der Waals surface area contributed by atoms with Gasteiger partial charge in [-0.3, -0.25) is 4.79 Å². The Morgan fingerprint density at radius 2 is 1.86 bits per heavy atom. The summed E-state index contributed by atoms with van der Waals surface area (Å²) in [7, 11) is 0. The van der Waals surface area contributed by atoms with Gasteiger partial charge in [0, 0.05) is 42.3 Å². The fraction of sp³-hybridized carbons (Fsp3) is 0.526. The summed E-state index contributed by atoms with van der Waals surface area (Å²) in [5, 5.41) is 4.55. The van der Waals surface area contributed by atoms with Crippen LogP contribution in [0.4, 0.5) is 10.5 Å². The molecule has 1 aliphatic rings. The lowest BCUT2D eigenvalue weighted by Gasteiger charge is -2.37. The zero-order chi connectivity index (χ0) is 20.5. The molecule has 9 heteroatoms. The summed E-state index contributed by atoms with van der Waals surface area (Å²) in [6.07, 6.45) is -0.357. The van der Waals surface area contributed by atoms with E-state index in [9.17, 15) is 14.4 Å². The number of carbonyl (C=O) groups is 2. The van der Waals surface area contributed by atoms with Crippen LogP contribution in [0.15, 0.2) is 15.6 Å². The minimum absolute atomic E-state index is 0.0125. The van der Waals surface area contributed by atoms with Crippen molar-refractivity contribution < 1.29 is 19.1 Å². The van der Waals surface area contributed by atoms with E-state index >= 15 is 0 Å². The molecule has 0 atom stereocenters. The van der Waals surface area contributed by atoms with E-state index in [4.69, 9.17) is 9.47 Å². The average Bonchev–Trinajstić information content (AvgIpc) is 3.07. The number of thiophene rings is 1. The minimum atomic E-state index is -0.638. The van der Waals surface area contributed by atoms with Crippen LogP contribution < -0.4 is 10.5 Å². The van der Waals surface area contributed by atoms with Gasteiger partial charge in [0.25, 0.3) is 5.56 Å². The van der Waals surface area contributed by atoms with Crippen LogP contribution in [-0.2, 0) is 9.47 Å². The Morgan fingerprint density at radius 3 is 2.46 bits per heavy atom. The van der Waals surface area contributed by atoms with Crippen LogP contribution in [0.1, 0.15) is 38.1 Å². The molecule has 3 rings (SSSR count). The maximum atomic E-state index is 12.6. The van der Waals surface area contributed by atoms with Gasteiger partial charge >= 0.3 is 12.1 Å². The number of H-pyrrole nitrogens is 1. The lowest BCUT2D eigenvalue weighted by atomic mass is 10.1. The highest BCUT2D eigenvalue weighted by Gasteiger charge is 2.30. The molecule has 152 valence electrons. The maximum absolute atomic E-state index is 12.6. The van der Waals surface area contributed by atoms with Crippen LogP contribution in [0.3, 0.4) is 0 Å². The smallest absolute Gasteiger partial charge is 0.410 e. The molecule has 1 N–H and O–H groups in total. The average molecular weight is 407 g/mol. The Morgan fingerprint density at radius 1 is 1.18 bits per heavy atom. The third-order valence-electron chi connectivity index (χ3n) is 4.36. The van der Waals surface area contributed by atoms with E-state index in [0.717, 1.165) is 5.39 Å². The molecule has 0 unspecified atom stereocenters. The lowest BCUT2D eigenvalue weighted by molar-refractivity contribution is 0.0239. The predicted molar refractivity (Wildman–Crippen MR) is 108 cm³/mol. The Hall–Kier alpha value is -2.55. The van der Waals surface area contributed by atoms with E-state index in [1.807, 2.05) is 36.4 Å². The number of hydrogen-bond acceptors (Lipinski definition) is 7. The monoisotopic (exact) mass is 407 g/mol. The van der Waals surface area contributed by atoms with Crippen LogP contribution in [0.25, 0.3) is 10.9 Å². The highest BCUT2D eigenvalue weighted by atomic mass is 32.1. The normalized spacial score (nSPS) is 15.0. The second-order valence-electron chi connectivity index (χ2n) is 7.55. The molecular formula is C19H25N3O5S. The zero-order valence-electron chi connectivity index (χ0n) is 16.5. The molecule has 1 saturated heterocycles. The van der Waals surface area contributed by atoms with Gasteiger partial charge in [-0.05, 0) is 27.7 Å². The molecule has 0 saturated carbocycles. The third-order valence-corrected chi connectivity index (χ3v) is 5.10. The van der Waals surface area contributed by atoms with Gasteiger partial charge in [-0.1, -0.05) is 0 Å². The largest absolute Gasteiger partial charge is 0.462 e. The number of anilines is 1. The number of nitrogens with one attached hydrogen (secondary N) is 1. The number of esters is 1. The van der Waals surface area contributed by atoms with Gasteiger partial charge in [0.15, 0.2) is 0 Å². The van der Waals surface area contributed by atoms with E-state index in [0.29, 0.717) is 37.4 Å².